The zero-order valence-corrected chi connectivity index (χ0v) is 12.4. The van der Waals surface area contributed by atoms with Crippen LogP contribution in [0.5, 0.6) is 5.75 Å². The molecule has 20 heavy (non-hydrogen) atoms. The maximum Gasteiger partial charge on any atom is 0.347 e. The highest BCUT2D eigenvalue weighted by atomic mass is 127. The van der Waals surface area contributed by atoms with E-state index >= 15 is 0 Å². The molecule has 0 fully saturated rings. The highest BCUT2D eigenvalue weighted by molar-refractivity contribution is 14.1. The third-order valence-corrected chi connectivity index (χ3v) is 3.00. The minimum Gasteiger partial charge on any atom is -0.478 e. The molecule has 1 rings (SSSR count). The Kier molecular flexibility index (Phi) is 5.66. The van der Waals surface area contributed by atoms with Crippen molar-refractivity contribution in [1.82, 2.24) is 0 Å². The highest BCUT2D eigenvalue weighted by Crippen LogP contribution is 2.34. The van der Waals surface area contributed by atoms with E-state index in [1.54, 1.807) is 28.7 Å². The largest absolute Gasteiger partial charge is 0.478 e. The molecule has 0 saturated carbocycles. The van der Waals surface area contributed by atoms with Crippen LogP contribution in [-0.2, 0) is 9.53 Å². The Morgan fingerprint density at radius 1 is 1.65 bits per heavy atom. The lowest BCUT2D eigenvalue weighted by Crippen LogP contribution is -2.32. The molecule has 0 spiro atoms. The van der Waals surface area contributed by atoms with Crippen LogP contribution in [0.3, 0.4) is 0 Å². The number of nitro groups is 1. The van der Waals surface area contributed by atoms with Gasteiger partial charge in [-0.3, -0.25) is 10.1 Å². The first-order chi connectivity index (χ1) is 9.40. The van der Waals surface area contributed by atoms with E-state index in [1.807, 2.05) is 0 Å². The first kappa shape index (κ1) is 16.1. The van der Waals surface area contributed by atoms with Gasteiger partial charge in [0.25, 0.3) is 0 Å². The van der Waals surface area contributed by atoms with Crippen molar-refractivity contribution in [2.75, 3.05) is 13.7 Å². The second kappa shape index (κ2) is 7.01. The fraction of sp³-hybridized carbons (Fsp3) is 0.273. The summed E-state index contributed by atoms with van der Waals surface area (Å²) in [6.07, 6.45) is -1.37. The van der Waals surface area contributed by atoms with Gasteiger partial charge in [0.1, 0.15) is 0 Å². The molecule has 0 heterocycles. The van der Waals surface area contributed by atoms with E-state index in [0.29, 0.717) is 0 Å². The normalized spacial score (nSPS) is 11.4. The van der Waals surface area contributed by atoms with Crippen LogP contribution in [0.1, 0.15) is 5.56 Å². The van der Waals surface area contributed by atoms with Crippen LogP contribution in [0.4, 0.5) is 5.69 Å². The molecule has 1 aromatic rings. The molecule has 1 N–H and O–H groups in total. The van der Waals surface area contributed by atoms with Gasteiger partial charge in [0.2, 0.25) is 11.9 Å². The second-order valence-corrected chi connectivity index (χ2v) is 4.74. The van der Waals surface area contributed by atoms with Crippen LogP contribution in [0.2, 0.25) is 0 Å². The van der Waals surface area contributed by atoms with Gasteiger partial charge in [0.15, 0.2) is 0 Å². The van der Waals surface area contributed by atoms with Crippen molar-refractivity contribution in [3.8, 4) is 11.8 Å². The summed E-state index contributed by atoms with van der Waals surface area (Å²) in [7, 11) is 1.29. The van der Waals surface area contributed by atoms with Gasteiger partial charge in [-0.05, 0) is 28.7 Å². The topological polar surface area (TPSA) is 123 Å². The molecule has 1 aromatic carbocycles. The summed E-state index contributed by atoms with van der Waals surface area (Å²) in [4.78, 5) is 21.2. The zero-order chi connectivity index (χ0) is 15.3. The molecule has 8 nitrogen and oxygen atoms in total. The molecule has 1 atom stereocenters. The summed E-state index contributed by atoms with van der Waals surface area (Å²) in [6, 6.07) is 4.19. The first-order valence-corrected chi connectivity index (χ1v) is 6.25. The number of carboxylic acid groups (broad SMARTS) is 1. The Morgan fingerprint density at radius 2 is 2.30 bits per heavy atom. The average molecular weight is 392 g/mol. The predicted octanol–water partition coefficient (Wildman–Crippen LogP) is 1.55. The summed E-state index contributed by atoms with van der Waals surface area (Å²) >= 11 is 1.74. The number of carbonyl (C=O) groups is 1. The van der Waals surface area contributed by atoms with E-state index in [4.69, 9.17) is 19.8 Å². The molecular weight excluding hydrogens is 383 g/mol. The molecule has 0 amide bonds. The third kappa shape index (κ3) is 3.78. The summed E-state index contributed by atoms with van der Waals surface area (Å²) in [5.41, 5.74) is -0.372. The molecule has 0 aliphatic heterocycles. The lowest BCUT2D eigenvalue weighted by Gasteiger charge is -2.15. The maximum atomic E-state index is 11.0. The van der Waals surface area contributed by atoms with Crippen LogP contribution >= 0.6 is 22.6 Å². The molecule has 0 aromatic heterocycles. The number of ether oxygens (including phenoxy) is 2. The number of hydrogen-bond donors (Lipinski definition) is 1. The van der Waals surface area contributed by atoms with Crippen LogP contribution in [0.15, 0.2) is 12.1 Å². The van der Waals surface area contributed by atoms with Crippen molar-refractivity contribution >= 4 is 34.2 Å². The van der Waals surface area contributed by atoms with Crippen molar-refractivity contribution in [3.05, 3.63) is 31.4 Å². The lowest BCUT2D eigenvalue weighted by atomic mass is 10.2. The Labute approximate surface area is 127 Å². The number of nitriles is 1. The summed E-state index contributed by atoms with van der Waals surface area (Å²) in [6.45, 7) is -0.261. The Bertz CT molecular complexity index is 583. The Morgan fingerprint density at radius 3 is 2.75 bits per heavy atom. The smallest absolute Gasteiger partial charge is 0.347 e. The fourth-order valence-electron chi connectivity index (χ4n) is 1.35. The third-order valence-electron chi connectivity index (χ3n) is 2.20. The minimum atomic E-state index is -1.37. The quantitative estimate of drug-likeness (QED) is 0.443. The zero-order valence-electron chi connectivity index (χ0n) is 10.2. The second-order valence-electron chi connectivity index (χ2n) is 3.58. The average Bonchev–Trinajstić information content (AvgIpc) is 2.39. The van der Waals surface area contributed by atoms with E-state index in [1.165, 1.54) is 13.2 Å². The van der Waals surface area contributed by atoms with Gasteiger partial charge in [0, 0.05) is 13.2 Å². The monoisotopic (exact) mass is 392 g/mol. The molecule has 9 heteroatoms. The van der Waals surface area contributed by atoms with E-state index in [0.717, 1.165) is 6.07 Å². The number of aliphatic carboxylic acids is 1. The number of hydrogen-bond acceptors (Lipinski definition) is 6. The summed E-state index contributed by atoms with van der Waals surface area (Å²) < 4.78 is 10.1. The van der Waals surface area contributed by atoms with Gasteiger partial charge in [0.05, 0.1) is 26.7 Å². The molecule has 0 radical (unpaired) electrons. The number of halogens is 1. The van der Waals surface area contributed by atoms with Gasteiger partial charge >= 0.3 is 11.7 Å². The van der Waals surface area contributed by atoms with Crippen LogP contribution < -0.4 is 4.74 Å². The van der Waals surface area contributed by atoms with Crippen LogP contribution in [0, 0.1) is 25.0 Å². The van der Waals surface area contributed by atoms with Crippen molar-refractivity contribution in [1.29, 1.82) is 5.26 Å². The first-order valence-electron chi connectivity index (χ1n) is 5.17. The van der Waals surface area contributed by atoms with E-state index < -0.39 is 22.7 Å². The number of carboxylic acids is 1. The number of benzene rings is 1. The standard InChI is InChI=1S/C11H9IN2O6/c1-19-5-9(11(15)16)20-10-7(12)2-6(4-13)3-8(10)14(17)18/h2-3,9H,5H2,1H3,(H,15,16). The van der Waals surface area contributed by atoms with Gasteiger partial charge in [-0.2, -0.15) is 5.26 Å². The number of methoxy groups -OCH3 is 1. The SMILES string of the molecule is COCC(Oc1c(I)cc(C#N)cc1[N+](=O)[O-])C(=O)O. The van der Waals surface area contributed by atoms with Crippen LogP contribution in [0.25, 0.3) is 0 Å². The van der Waals surface area contributed by atoms with E-state index in [2.05, 4.69) is 0 Å². The van der Waals surface area contributed by atoms with E-state index in [9.17, 15) is 14.9 Å². The fourth-order valence-corrected chi connectivity index (χ4v) is 2.08. The van der Waals surface area contributed by atoms with Gasteiger partial charge in [-0.15, -0.1) is 0 Å². The predicted molar refractivity (Wildman–Crippen MR) is 74.5 cm³/mol. The van der Waals surface area contributed by atoms with Gasteiger partial charge in [-0.1, -0.05) is 0 Å². The van der Waals surface area contributed by atoms with Crippen molar-refractivity contribution < 1.29 is 24.3 Å². The molecule has 0 bridgehead atoms. The molecule has 1 unspecified atom stereocenters. The molecular formula is C11H9IN2O6. The van der Waals surface area contributed by atoms with Crippen LogP contribution in [-0.4, -0.2) is 35.8 Å². The Hall–Kier alpha value is -1.93. The molecule has 106 valence electrons. The maximum absolute atomic E-state index is 11.0. The number of nitro benzene ring substituents is 1. The van der Waals surface area contributed by atoms with Crippen molar-refractivity contribution in [3.63, 3.8) is 0 Å². The van der Waals surface area contributed by atoms with Crippen molar-refractivity contribution in [2.24, 2.45) is 0 Å². The molecule has 0 saturated heterocycles. The van der Waals surface area contributed by atoms with Gasteiger partial charge < -0.3 is 14.6 Å². The number of nitrogens with zero attached hydrogens (tertiary/aromatic N) is 2. The van der Waals surface area contributed by atoms with Gasteiger partial charge in [-0.25, -0.2) is 4.79 Å². The molecule has 0 aliphatic carbocycles. The lowest BCUT2D eigenvalue weighted by molar-refractivity contribution is -0.386. The van der Waals surface area contributed by atoms with E-state index in [-0.39, 0.29) is 21.5 Å². The highest BCUT2D eigenvalue weighted by Gasteiger charge is 2.27. The number of rotatable bonds is 6. The Balaban J connectivity index is 3.26. The molecule has 0 aliphatic rings. The minimum absolute atomic E-state index is 0.0899. The summed E-state index contributed by atoms with van der Waals surface area (Å²) in [5.74, 6) is -1.50. The van der Waals surface area contributed by atoms with Crippen molar-refractivity contribution in [2.45, 2.75) is 6.10 Å². The summed E-state index contributed by atoms with van der Waals surface area (Å²) in [5, 5.41) is 28.7.